The summed E-state index contributed by atoms with van der Waals surface area (Å²) in [6.07, 6.45) is 5.62. The zero-order valence-corrected chi connectivity index (χ0v) is 10.3. The molecule has 1 atom stereocenters. The first-order valence-electron chi connectivity index (χ1n) is 6.25. The molecule has 5 heteroatoms. The Morgan fingerprint density at radius 1 is 1.59 bits per heavy atom. The Kier molecular flexibility index (Phi) is 3.78. The maximum atomic E-state index is 12.3. The Morgan fingerprint density at radius 2 is 2.41 bits per heavy atom. The third-order valence-electron chi connectivity index (χ3n) is 3.33. The second-order valence-corrected chi connectivity index (χ2v) is 4.52. The topological polar surface area (TPSA) is 64.2 Å². The van der Waals surface area contributed by atoms with Gasteiger partial charge in [0, 0.05) is 32.0 Å². The van der Waals surface area contributed by atoms with Crippen molar-refractivity contribution in [2.75, 3.05) is 13.1 Å². The third kappa shape index (κ3) is 2.49. The fourth-order valence-electron chi connectivity index (χ4n) is 2.31. The highest BCUT2D eigenvalue weighted by Crippen LogP contribution is 2.15. The fourth-order valence-corrected chi connectivity index (χ4v) is 2.31. The van der Waals surface area contributed by atoms with Crippen LogP contribution in [-0.4, -0.2) is 33.4 Å². The predicted molar refractivity (Wildman–Crippen MR) is 65.1 cm³/mol. The summed E-state index contributed by atoms with van der Waals surface area (Å²) in [4.78, 5) is 18.4. The highest BCUT2D eigenvalue weighted by atomic mass is 16.2. The molecule has 0 aliphatic carbocycles. The zero-order chi connectivity index (χ0) is 12.3. The lowest BCUT2D eigenvalue weighted by molar-refractivity contribution is -0.137. The molecule has 0 fully saturated rings. The first-order valence-corrected chi connectivity index (χ1v) is 6.25. The number of fused-ring (bicyclic) bond motifs is 1. The van der Waals surface area contributed by atoms with Crippen LogP contribution in [0.15, 0.2) is 12.4 Å². The maximum Gasteiger partial charge on any atom is 0.227 e. The summed E-state index contributed by atoms with van der Waals surface area (Å²) in [7, 11) is 0. The summed E-state index contributed by atoms with van der Waals surface area (Å²) < 4.78 is 2.10. The highest BCUT2D eigenvalue weighted by molar-refractivity contribution is 5.79. The van der Waals surface area contributed by atoms with E-state index in [1.54, 1.807) is 6.20 Å². The van der Waals surface area contributed by atoms with E-state index >= 15 is 0 Å². The van der Waals surface area contributed by atoms with E-state index in [2.05, 4.69) is 16.5 Å². The molecular formula is C12H20N4O. The largest absolute Gasteiger partial charge is 0.333 e. The second kappa shape index (κ2) is 5.31. The van der Waals surface area contributed by atoms with Gasteiger partial charge in [-0.15, -0.1) is 0 Å². The van der Waals surface area contributed by atoms with Crippen LogP contribution in [0.5, 0.6) is 0 Å². The van der Waals surface area contributed by atoms with Crippen molar-refractivity contribution in [3.05, 3.63) is 18.2 Å². The molecule has 0 saturated heterocycles. The Hall–Kier alpha value is -1.36. The van der Waals surface area contributed by atoms with Gasteiger partial charge in [-0.3, -0.25) is 4.79 Å². The number of nitrogens with two attached hydrogens (primary N) is 1. The van der Waals surface area contributed by atoms with E-state index in [4.69, 9.17) is 5.73 Å². The van der Waals surface area contributed by atoms with E-state index in [9.17, 15) is 4.79 Å². The van der Waals surface area contributed by atoms with E-state index in [1.165, 1.54) is 0 Å². The quantitative estimate of drug-likeness (QED) is 0.832. The molecule has 5 nitrogen and oxygen atoms in total. The minimum atomic E-state index is -0.0264. The number of hydrogen-bond donors (Lipinski definition) is 1. The fraction of sp³-hybridized carbons (Fsp3) is 0.667. The van der Waals surface area contributed by atoms with Gasteiger partial charge in [0.2, 0.25) is 5.91 Å². The smallest absolute Gasteiger partial charge is 0.227 e. The van der Waals surface area contributed by atoms with Crippen molar-refractivity contribution >= 4 is 5.91 Å². The molecule has 2 heterocycles. The molecule has 0 spiro atoms. The van der Waals surface area contributed by atoms with Crippen LogP contribution in [0.4, 0.5) is 0 Å². The van der Waals surface area contributed by atoms with Crippen LogP contribution in [-0.2, 0) is 17.9 Å². The SMILES string of the molecule is CCCC(CN)C(=O)N1CCn2ccnc2C1. The summed E-state index contributed by atoms with van der Waals surface area (Å²) in [6.45, 7) is 4.75. The number of carbonyl (C=O) groups is 1. The van der Waals surface area contributed by atoms with Crippen LogP contribution in [0.2, 0.25) is 0 Å². The van der Waals surface area contributed by atoms with Gasteiger partial charge in [0.25, 0.3) is 0 Å². The Balaban J connectivity index is 2.02. The average molecular weight is 236 g/mol. The molecule has 2 N–H and O–H groups in total. The first kappa shape index (κ1) is 12.1. The molecule has 1 aliphatic rings. The number of hydrogen-bond acceptors (Lipinski definition) is 3. The summed E-state index contributed by atoms with van der Waals surface area (Å²) in [5.41, 5.74) is 5.67. The number of nitrogens with zero attached hydrogens (tertiary/aromatic N) is 3. The monoisotopic (exact) mass is 236 g/mol. The van der Waals surface area contributed by atoms with Crippen LogP contribution in [0.25, 0.3) is 0 Å². The molecule has 1 aromatic rings. The van der Waals surface area contributed by atoms with Gasteiger partial charge in [0.1, 0.15) is 5.82 Å². The summed E-state index contributed by atoms with van der Waals surface area (Å²) in [5.74, 6) is 1.13. The van der Waals surface area contributed by atoms with E-state index in [0.29, 0.717) is 13.1 Å². The molecule has 94 valence electrons. The molecule has 0 aromatic carbocycles. The molecule has 0 bridgehead atoms. The Labute approximate surface area is 102 Å². The van der Waals surface area contributed by atoms with Gasteiger partial charge in [-0.2, -0.15) is 0 Å². The standard InChI is InChI=1S/C12H20N4O/c1-2-3-10(8-13)12(17)16-7-6-15-5-4-14-11(15)9-16/h4-5,10H,2-3,6-9,13H2,1H3. The van der Waals surface area contributed by atoms with Gasteiger partial charge in [0.05, 0.1) is 12.5 Å². The summed E-state index contributed by atoms with van der Waals surface area (Å²) in [6, 6.07) is 0. The predicted octanol–water partition coefficient (Wildman–Crippen LogP) is 0.600. The van der Waals surface area contributed by atoms with Crippen LogP contribution < -0.4 is 5.73 Å². The molecular weight excluding hydrogens is 216 g/mol. The number of aromatic nitrogens is 2. The molecule has 0 radical (unpaired) electrons. The van der Waals surface area contributed by atoms with Crippen molar-refractivity contribution in [2.24, 2.45) is 11.7 Å². The Morgan fingerprint density at radius 3 is 3.12 bits per heavy atom. The number of rotatable bonds is 4. The van der Waals surface area contributed by atoms with Gasteiger partial charge in [-0.05, 0) is 6.42 Å². The minimum absolute atomic E-state index is 0.0264. The van der Waals surface area contributed by atoms with Gasteiger partial charge in [-0.25, -0.2) is 4.98 Å². The van der Waals surface area contributed by atoms with Crippen molar-refractivity contribution in [3.63, 3.8) is 0 Å². The van der Waals surface area contributed by atoms with Crippen molar-refractivity contribution in [3.8, 4) is 0 Å². The number of imidazole rings is 1. The van der Waals surface area contributed by atoms with Gasteiger partial charge >= 0.3 is 0 Å². The minimum Gasteiger partial charge on any atom is -0.333 e. The molecule has 17 heavy (non-hydrogen) atoms. The van der Waals surface area contributed by atoms with Crippen molar-refractivity contribution < 1.29 is 4.79 Å². The Bertz CT molecular complexity index is 388. The second-order valence-electron chi connectivity index (χ2n) is 4.52. The zero-order valence-electron chi connectivity index (χ0n) is 10.3. The molecule has 1 unspecified atom stereocenters. The van der Waals surface area contributed by atoms with Crippen molar-refractivity contribution in [1.29, 1.82) is 0 Å². The normalized spacial score (nSPS) is 16.7. The van der Waals surface area contributed by atoms with Gasteiger partial charge in [-0.1, -0.05) is 13.3 Å². The lowest BCUT2D eigenvalue weighted by Gasteiger charge is -2.30. The lowest BCUT2D eigenvalue weighted by Crippen LogP contribution is -2.43. The van der Waals surface area contributed by atoms with Gasteiger partial charge in [0.15, 0.2) is 0 Å². The van der Waals surface area contributed by atoms with Crippen molar-refractivity contribution in [2.45, 2.75) is 32.9 Å². The third-order valence-corrected chi connectivity index (χ3v) is 3.33. The molecule has 0 saturated carbocycles. The first-order chi connectivity index (χ1) is 8.26. The van der Waals surface area contributed by atoms with Crippen LogP contribution in [0.3, 0.4) is 0 Å². The van der Waals surface area contributed by atoms with Crippen LogP contribution in [0.1, 0.15) is 25.6 Å². The van der Waals surface area contributed by atoms with Crippen LogP contribution in [0, 0.1) is 5.92 Å². The molecule has 1 amide bonds. The van der Waals surface area contributed by atoms with E-state index in [1.807, 2.05) is 11.1 Å². The van der Waals surface area contributed by atoms with E-state index in [0.717, 1.165) is 31.8 Å². The molecule has 2 rings (SSSR count). The van der Waals surface area contributed by atoms with Crippen molar-refractivity contribution in [1.82, 2.24) is 14.5 Å². The lowest BCUT2D eigenvalue weighted by atomic mass is 10.0. The number of amides is 1. The van der Waals surface area contributed by atoms with Crippen LogP contribution >= 0.6 is 0 Å². The van der Waals surface area contributed by atoms with Gasteiger partial charge < -0.3 is 15.2 Å². The summed E-state index contributed by atoms with van der Waals surface area (Å²) in [5, 5.41) is 0. The van der Waals surface area contributed by atoms with E-state index in [-0.39, 0.29) is 11.8 Å². The average Bonchev–Trinajstić information content (AvgIpc) is 2.82. The maximum absolute atomic E-state index is 12.3. The number of carbonyl (C=O) groups excluding carboxylic acids is 1. The molecule has 1 aromatic heterocycles. The molecule has 1 aliphatic heterocycles. The summed E-state index contributed by atoms with van der Waals surface area (Å²) >= 11 is 0. The van der Waals surface area contributed by atoms with E-state index < -0.39 is 0 Å². The highest BCUT2D eigenvalue weighted by Gasteiger charge is 2.26.